The van der Waals surface area contributed by atoms with Crippen LogP contribution in [-0.4, -0.2) is 33.1 Å². The second kappa shape index (κ2) is 6.62. The van der Waals surface area contributed by atoms with Crippen molar-refractivity contribution in [1.29, 1.82) is 0 Å². The first kappa shape index (κ1) is 15.9. The van der Waals surface area contributed by atoms with Crippen LogP contribution in [0.15, 0.2) is 30.7 Å². The molecular weight excluding hydrogens is 290 g/mol. The number of rotatable bonds is 4. The van der Waals surface area contributed by atoms with Crippen LogP contribution in [0.4, 0.5) is 0 Å². The Morgan fingerprint density at radius 1 is 1.30 bits per heavy atom. The number of carbonyl (C=O) groups is 1. The number of aliphatic hydroxyl groups is 1. The molecule has 0 bridgehead atoms. The molecule has 5 heteroatoms. The third-order valence-electron chi connectivity index (χ3n) is 4.88. The fourth-order valence-corrected chi connectivity index (χ4v) is 3.41. The van der Waals surface area contributed by atoms with Gasteiger partial charge in [0.05, 0.1) is 16.7 Å². The van der Waals surface area contributed by atoms with Crippen LogP contribution < -0.4 is 5.32 Å². The largest absolute Gasteiger partial charge is 0.388 e. The summed E-state index contributed by atoms with van der Waals surface area (Å²) in [6, 6.07) is 3.47. The van der Waals surface area contributed by atoms with Gasteiger partial charge in [-0.1, -0.05) is 19.3 Å². The summed E-state index contributed by atoms with van der Waals surface area (Å²) in [5, 5.41) is 14.3. The van der Waals surface area contributed by atoms with E-state index in [0.717, 1.165) is 36.6 Å². The Kier molecular flexibility index (Phi) is 4.57. The maximum Gasteiger partial charge on any atom is 0.252 e. The van der Waals surface area contributed by atoms with Crippen LogP contribution >= 0.6 is 0 Å². The lowest BCUT2D eigenvalue weighted by Crippen LogP contribution is -2.46. The van der Waals surface area contributed by atoms with Gasteiger partial charge in [-0.2, -0.15) is 0 Å². The summed E-state index contributed by atoms with van der Waals surface area (Å²) in [4.78, 5) is 20.8. The van der Waals surface area contributed by atoms with Crippen LogP contribution in [0.2, 0.25) is 0 Å². The minimum atomic E-state index is -0.864. The molecule has 1 aliphatic carbocycles. The first-order valence-electron chi connectivity index (χ1n) is 8.27. The fraction of sp³-hybridized carbons (Fsp3) is 0.500. The molecule has 23 heavy (non-hydrogen) atoms. The second-order valence-corrected chi connectivity index (χ2v) is 6.63. The van der Waals surface area contributed by atoms with Gasteiger partial charge < -0.3 is 10.4 Å². The van der Waals surface area contributed by atoms with E-state index in [-0.39, 0.29) is 18.4 Å². The number of nitrogens with zero attached hydrogens (tertiary/aromatic N) is 2. The Hall–Kier alpha value is -2.01. The van der Waals surface area contributed by atoms with Gasteiger partial charge >= 0.3 is 0 Å². The van der Waals surface area contributed by atoms with Crippen LogP contribution in [0.1, 0.15) is 49.4 Å². The Bertz CT molecular complexity index is 688. The van der Waals surface area contributed by atoms with Gasteiger partial charge in [0.2, 0.25) is 0 Å². The molecule has 122 valence electrons. The van der Waals surface area contributed by atoms with Crippen molar-refractivity contribution < 1.29 is 9.90 Å². The predicted molar refractivity (Wildman–Crippen MR) is 89.1 cm³/mol. The van der Waals surface area contributed by atoms with Crippen molar-refractivity contribution in [3.8, 4) is 0 Å². The molecule has 1 saturated carbocycles. The summed E-state index contributed by atoms with van der Waals surface area (Å²) in [5.74, 6) is 0.0638. The third kappa shape index (κ3) is 3.50. The minimum Gasteiger partial charge on any atom is -0.388 e. The number of pyridine rings is 2. The van der Waals surface area contributed by atoms with Crippen molar-refractivity contribution in [2.24, 2.45) is 5.92 Å². The topological polar surface area (TPSA) is 75.1 Å². The van der Waals surface area contributed by atoms with E-state index in [1.165, 1.54) is 6.42 Å². The van der Waals surface area contributed by atoms with Crippen LogP contribution in [-0.2, 0) is 0 Å². The smallest absolute Gasteiger partial charge is 0.252 e. The van der Waals surface area contributed by atoms with E-state index >= 15 is 0 Å². The number of hydrogen-bond acceptors (Lipinski definition) is 4. The van der Waals surface area contributed by atoms with Gasteiger partial charge in [0, 0.05) is 30.5 Å². The molecule has 1 unspecified atom stereocenters. The van der Waals surface area contributed by atoms with Gasteiger partial charge in [0.15, 0.2) is 0 Å². The number of nitrogens with one attached hydrogen (secondary N) is 1. The molecule has 0 saturated heterocycles. The molecule has 0 radical (unpaired) electrons. The maximum absolute atomic E-state index is 12.5. The number of hydrogen-bond donors (Lipinski definition) is 2. The molecule has 1 amide bonds. The predicted octanol–water partition coefficient (Wildman–Crippen LogP) is 2.69. The molecule has 2 N–H and O–H groups in total. The van der Waals surface area contributed by atoms with Gasteiger partial charge in [0.25, 0.3) is 5.91 Å². The highest BCUT2D eigenvalue weighted by Crippen LogP contribution is 2.32. The van der Waals surface area contributed by atoms with Gasteiger partial charge in [-0.05, 0) is 37.8 Å². The number of aromatic nitrogens is 2. The van der Waals surface area contributed by atoms with E-state index in [0.29, 0.717) is 5.56 Å². The van der Waals surface area contributed by atoms with Gasteiger partial charge in [-0.25, -0.2) is 0 Å². The van der Waals surface area contributed by atoms with Crippen molar-refractivity contribution in [2.45, 2.75) is 44.6 Å². The summed E-state index contributed by atoms with van der Waals surface area (Å²) in [5.41, 5.74) is 0.422. The molecule has 1 fully saturated rings. The lowest BCUT2D eigenvalue weighted by Gasteiger charge is -2.35. The molecule has 2 aromatic heterocycles. The highest BCUT2D eigenvalue weighted by Gasteiger charge is 2.33. The Balaban J connectivity index is 1.71. The van der Waals surface area contributed by atoms with Crippen molar-refractivity contribution in [1.82, 2.24) is 15.3 Å². The normalized spacial score (nSPS) is 18.5. The molecule has 1 aliphatic rings. The SMILES string of the molecule is CC(O)(CNC(=O)c1ccnc2ccncc12)C1CCCCC1. The van der Waals surface area contributed by atoms with E-state index in [1.807, 2.05) is 6.92 Å². The standard InChI is InChI=1S/C18H23N3O2/c1-18(23,13-5-3-2-4-6-13)12-21-17(22)14-7-10-20-16-8-9-19-11-15(14)16/h7-11,13,23H,2-6,12H2,1H3,(H,21,22). The quantitative estimate of drug-likeness (QED) is 0.910. The first-order chi connectivity index (χ1) is 11.1. The molecule has 5 nitrogen and oxygen atoms in total. The molecule has 0 aliphatic heterocycles. The van der Waals surface area contributed by atoms with Gasteiger partial charge in [0.1, 0.15) is 0 Å². The lowest BCUT2D eigenvalue weighted by molar-refractivity contribution is -0.0143. The van der Waals surface area contributed by atoms with Crippen LogP contribution in [0, 0.1) is 5.92 Å². The first-order valence-corrected chi connectivity index (χ1v) is 8.27. The van der Waals surface area contributed by atoms with Crippen LogP contribution in [0.3, 0.4) is 0 Å². The molecule has 2 aromatic rings. The van der Waals surface area contributed by atoms with E-state index in [4.69, 9.17) is 0 Å². The molecule has 0 spiro atoms. The minimum absolute atomic E-state index is 0.193. The number of fused-ring (bicyclic) bond motifs is 1. The van der Waals surface area contributed by atoms with Crippen molar-refractivity contribution in [3.05, 3.63) is 36.3 Å². The molecule has 3 rings (SSSR count). The van der Waals surface area contributed by atoms with Crippen LogP contribution in [0.5, 0.6) is 0 Å². The summed E-state index contributed by atoms with van der Waals surface area (Å²) < 4.78 is 0. The Morgan fingerprint density at radius 2 is 2.09 bits per heavy atom. The Morgan fingerprint density at radius 3 is 2.87 bits per heavy atom. The summed E-state index contributed by atoms with van der Waals surface area (Å²) in [7, 11) is 0. The average Bonchev–Trinajstić information content (AvgIpc) is 2.60. The molecule has 1 atom stereocenters. The number of carbonyl (C=O) groups excluding carboxylic acids is 1. The average molecular weight is 313 g/mol. The number of amides is 1. The third-order valence-corrected chi connectivity index (χ3v) is 4.88. The van der Waals surface area contributed by atoms with E-state index in [1.54, 1.807) is 30.7 Å². The fourth-order valence-electron chi connectivity index (χ4n) is 3.41. The van der Waals surface area contributed by atoms with Crippen molar-refractivity contribution in [3.63, 3.8) is 0 Å². The van der Waals surface area contributed by atoms with Gasteiger partial charge in [-0.3, -0.25) is 14.8 Å². The molecular formula is C18H23N3O2. The van der Waals surface area contributed by atoms with E-state index in [2.05, 4.69) is 15.3 Å². The Labute approximate surface area is 136 Å². The molecule has 2 heterocycles. The van der Waals surface area contributed by atoms with E-state index in [9.17, 15) is 9.90 Å². The second-order valence-electron chi connectivity index (χ2n) is 6.63. The monoisotopic (exact) mass is 313 g/mol. The summed E-state index contributed by atoms with van der Waals surface area (Å²) >= 11 is 0. The summed E-state index contributed by atoms with van der Waals surface area (Å²) in [6.45, 7) is 2.09. The lowest BCUT2D eigenvalue weighted by atomic mass is 9.78. The van der Waals surface area contributed by atoms with Crippen molar-refractivity contribution in [2.75, 3.05) is 6.54 Å². The zero-order valence-electron chi connectivity index (χ0n) is 13.5. The molecule has 0 aromatic carbocycles. The van der Waals surface area contributed by atoms with Gasteiger partial charge in [-0.15, -0.1) is 0 Å². The maximum atomic E-state index is 12.5. The van der Waals surface area contributed by atoms with Crippen LogP contribution in [0.25, 0.3) is 10.9 Å². The highest BCUT2D eigenvalue weighted by molar-refractivity contribution is 6.05. The zero-order chi connectivity index (χ0) is 16.3. The zero-order valence-corrected chi connectivity index (χ0v) is 13.5. The van der Waals surface area contributed by atoms with Crippen molar-refractivity contribution >= 4 is 16.8 Å². The van der Waals surface area contributed by atoms with E-state index < -0.39 is 5.60 Å². The highest BCUT2D eigenvalue weighted by atomic mass is 16.3. The summed E-state index contributed by atoms with van der Waals surface area (Å²) in [6.07, 6.45) is 10.6.